The zero-order valence-electron chi connectivity index (χ0n) is 18.5. The summed E-state index contributed by atoms with van der Waals surface area (Å²) in [6, 6.07) is 7.51. The first kappa shape index (κ1) is 22.2. The highest BCUT2D eigenvalue weighted by Gasteiger charge is 2.62. The Morgan fingerprint density at radius 3 is 2.23 bits per heavy atom. The second-order valence-corrected chi connectivity index (χ2v) is 9.05. The van der Waals surface area contributed by atoms with Crippen LogP contribution in [0.1, 0.15) is 39.7 Å². The smallest absolute Gasteiger partial charge is 0.252 e. The van der Waals surface area contributed by atoms with E-state index in [0.717, 1.165) is 5.56 Å². The van der Waals surface area contributed by atoms with Crippen LogP contribution in [-0.4, -0.2) is 60.6 Å². The second-order valence-electron chi connectivity index (χ2n) is 9.05. The summed E-state index contributed by atoms with van der Waals surface area (Å²) in [4.78, 5) is 25.0. The van der Waals surface area contributed by atoms with Crippen LogP contribution in [0.25, 0.3) is 0 Å². The number of carbonyl (C=O) groups is 2. The molecule has 4 rings (SSSR count). The van der Waals surface area contributed by atoms with Crippen LogP contribution in [0, 0.1) is 6.92 Å². The quantitative estimate of drug-likeness (QED) is 0.729. The van der Waals surface area contributed by atoms with E-state index in [-0.39, 0.29) is 24.8 Å². The molecule has 0 aliphatic carbocycles. The highest BCUT2D eigenvalue weighted by molar-refractivity contribution is 5.91. The van der Waals surface area contributed by atoms with E-state index < -0.39 is 42.3 Å². The maximum atomic E-state index is 12.9. The highest BCUT2D eigenvalue weighted by Crippen LogP contribution is 2.44. The van der Waals surface area contributed by atoms with E-state index in [9.17, 15) is 9.59 Å². The molecule has 0 unspecified atom stereocenters. The molecule has 9 nitrogen and oxygen atoms in total. The van der Waals surface area contributed by atoms with Gasteiger partial charge in [-0.05, 0) is 46.8 Å². The standard InChI is InChI=1S/C22H30N2O7/c1-12-6-8-13(9-7-12)24-14(25)10-11-23-19(26)17-15-16(29-21(2,3)28-15)18-20(27-17)31-22(4,5)30-18/h6-9,15-18,20H,10-11H2,1-5H3,(H,23,26)(H,24,25)/t15-,16+,17+,18-,20-/m1/s1. The second kappa shape index (κ2) is 8.14. The fourth-order valence-corrected chi connectivity index (χ4v) is 4.08. The van der Waals surface area contributed by atoms with Gasteiger partial charge in [0.1, 0.15) is 18.3 Å². The Balaban J connectivity index is 1.34. The summed E-state index contributed by atoms with van der Waals surface area (Å²) < 4.78 is 29.6. The number of rotatable bonds is 5. The zero-order chi connectivity index (χ0) is 22.4. The molecule has 3 heterocycles. The molecule has 0 aromatic heterocycles. The lowest BCUT2D eigenvalue weighted by Crippen LogP contribution is -2.59. The van der Waals surface area contributed by atoms with Crippen LogP contribution >= 0.6 is 0 Å². The SMILES string of the molecule is Cc1ccc(NC(=O)CCNC(=O)[C@H]2O[C@@H]3OC(C)(C)O[C@@H]3[C@H]3OC(C)(C)O[C@H]32)cc1. The van der Waals surface area contributed by atoms with E-state index in [1.54, 1.807) is 27.7 Å². The summed E-state index contributed by atoms with van der Waals surface area (Å²) >= 11 is 0. The number of carbonyl (C=O) groups excluding carboxylic acids is 2. The number of ether oxygens (including phenoxy) is 5. The van der Waals surface area contributed by atoms with Gasteiger partial charge in [-0.3, -0.25) is 9.59 Å². The topological polar surface area (TPSA) is 104 Å². The number of aryl methyl sites for hydroxylation is 1. The van der Waals surface area contributed by atoms with E-state index in [1.165, 1.54) is 0 Å². The van der Waals surface area contributed by atoms with Crippen molar-refractivity contribution < 1.29 is 33.3 Å². The normalized spacial score (nSPS) is 32.7. The third-order valence-electron chi connectivity index (χ3n) is 5.40. The Labute approximate surface area is 181 Å². The predicted octanol–water partition coefficient (Wildman–Crippen LogP) is 1.84. The van der Waals surface area contributed by atoms with Crippen molar-refractivity contribution in [2.75, 3.05) is 11.9 Å². The van der Waals surface area contributed by atoms with Crippen molar-refractivity contribution in [2.45, 2.75) is 83.3 Å². The highest BCUT2D eigenvalue weighted by atomic mass is 16.9. The van der Waals surface area contributed by atoms with Crippen molar-refractivity contribution in [1.82, 2.24) is 5.32 Å². The van der Waals surface area contributed by atoms with Crippen LogP contribution in [0.15, 0.2) is 24.3 Å². The van der Waals surface area contributed by atoms with Gasteiger partial charge in [-0.2, -0.15) is 0 Å². The average molecular weight is 434 g/mol. The van der Waals surface area contributed by atoms with Gasteiger partial charge in [-0.15, -0.1) is 0 Å². The Bertz CT molecular complexity index is 839. The number of hydrogen-bond acceptors (Lipinski definition) is 7. The minimum Gasteiger partial charge on any atom is -0.353 e. The lowest BCUT2D eigenvalue weighted by atomic mass is 9.98. The molecular formula is C22H30N2O7. The summed E-state index contributed by atoms with van der Waals surface area (Å²) in [5, 5.41) is 5.57. The number of fused-ring (bicyclic) bond motifs is 3. The molecule has 0 radical (unpaired) electrons. The maximum Gasteiger partial charge on any atom is 0.252 e. The maximum absolute atomic E-state index is 12.9. The zero-order valence-corrected chi connectivity index (χ0v) is 18.5. The molecule has 3 fully saturated rings. The molecule has 3 aliphatic heterocycles. The van der Waals surface area contributed by atoms with E-state index in [0.29, 0.717) is 5.69 Å². The molecule has 1 aromatic carbocycles. The molecular weight excluding hydrogens is 404 g/mol. The minimum atomic E-state index is -0.939. The van der Waals surface area contributed by atoms with E-state index in [4.69, 9.17) is 23.7 Å². The van der Waals surface area contributed by atoms with Gasteiger partial charge < -0.3 is 34.3 Å². The number of anilines is 1. The van der Waals surface area contributed by atoms with E-state index in [2.05, 4.69) is 10.6 Å². The Kier molecular flexibility index (Phi) is 5.82. The molecule has 1 aromatic rings. The number of hydrogen-bond donors (Lipinski definition) is 2. The molecule has 0 bridgehead atoms. The van der Waals surface area contributed by atoms with Crippen molar-refractivity contribution >= 4 is 17.5 Å². The minimum absolute atomic E-state index is 0.127. The third-order valence-corrected chi connectivity index (χ3v) is 5.40. The lowest BCUT2D eigenvalue weighted by molar-refractivity contribution is -0.231. The van der Waals surface area contributed by atoms with Crippen LogP contribution in [0.5, 0.6) is 0 Å². The van der Waals surface area contributed by atoms with Crippen LogP contribution < -0.4 is 10.6 Å². The molecule has 0 spiro atoms. The van der Waals surface area contributed by atoms with Crippen LogP contribution in [-0.2, 0) is 33.3 Å². The van der Waals surface area contributed by atoms with Gasteiger partial charge in [0.15, 0.2) is 24.0 Å². The fourth-order valence-electron chi connectivity index (χ4n) is 4.08. The monoisotopic (exact) mass is 434 g/mol. The predicted molar refractivity (Wildman–Crippen MR) is 110 cm³/mol. The Morgan fingerprint density at radius 1 is 0.903 bits per heavy atom. The molecule has 0 saturated carbocycles. The van der Waals surface area contributed by atoms with Crippen molar-refractivity contribution in [2.24, 2.45) is 0 Å². The van der Waals surface area contributed by atoms with Crippen LogP contribution in [0.4, 0.5) is 5.69 Å². The van der Waals surface area contributed by atoms with Crippen molar-refractivity contribution in [1.29, 1.82) is 0 Å². The summed E-state index contributed by atoms with van der Waals surface area (Å²) in [7, 11) is 0. The van der Waals surface area contributed by atoms with Gasteiger partial charge in [-0.1, -0.05) is 17.7 Å². The van der Waals surface area contributed by atoms with Crippen LogP contribution in [0.2, 0.25) is 0 Å². The number of benzene rings is 1. The Hall–Kier alpha value is -2.04. The molecule has 2 N–H and O–H groups in total. The average Bonchev–Trinajstić information content (AvgIpc) is 3.16. The van der Waals surface area contributed by atoms with Crippen molar-refractivity contribution in [3.63, 3.8) is 0 Å². The van der Waals surface area contributed by atoms with Gasteiger partial charge in [-0.25, -0.2) is 0 Å². The first-order valence-corrected chi connectivity index (χ1v) is 10.5. The molecule has 2 amide bonds. The summed E-state index contributed by atoms with van der Waals surface area (Å²) in [6.07, 6.45) is -3.19. The molecule has 9 heteroatoms. The van der Waals surface area contributed by atoms with Gasteiger partial charge in [0.05, 0.1) is 0 Å². The lowest BCUT2D eigenvalue weighted by Gasteiger charge is -2.36. The third kappa shape index (κ3) is 4.91. The first-order valence-electron chi connectivity index (χ1n) is 10.5. The summed E-state index contributed by atoms with van der Waals surface area (Å²) in [5.41, 5.74) is 1.82. The first-order chi connectivity index (χ1) is 14.5. The van der Waals surface area contributed by atoms with Crippen LogP contribution in [0.3, 0.4) is 0 Å². The van der Waals surface area contributed by atoms with E-state index >= 15 is 0 Å². The van der Waals surface area contributed by atoms with Crippen molar-refractivity contribution in [3.05, 3.63) is 29.8 Å². The fraction of sp³-hybridized carbons (Fsp3) is 0.636. The molecule has 3 aliphatic rings. The van der Waals surface area contributed by atoms with Gasteiger partial charge in [0, 0.05) is 18.7 Å². The largest absolute Gasteiger partial charge is 0.353 e. The molecule has 31 heavy (non-hydrogen) atoms. The van der Waals surface area contributed by atoms with Gasteiger partial charge in [0.2, 0.25) is 5.91 Å². The summed E-state index contributed by atoms with van der Waals surface area (Å²) in [6.45, 7) is 9.27. The van der Waals surface area contributed by atoms with Crippen molar-refractivity contribution in [3.8, 4) is 0 Å². The van der Waals surface area contributed by atoms with Gasteiger partial charge in [0.25, 0.3) is 5.91 Å². The molecule has 3 saturated heterocycles. The molecule has 170 valence electrons. The van der Waals surface area contributed by atoms with E-state index in [1.807, 2.05) is 31.2 Å². The van der Waals surface area contributed by atoms with Gasteiger partial charge >= 0.3 is 0 Å². The molecule has 5 atom stereocenters. The summed E-state index contributed by atoms with van der Waals surface area (Å²) in [5.74, 6) is -2.31. The number of amides is 2. The number of nitrogens with one attached hydrogen (secondary N) is 2. The Morgan fingerprint density at radius 2 is 1.52 bits per heavy atom.